The van der Waals surface area contributed by atoms with Crippen LogP contribution >= 0.6 is 0 Å². The Labute approximate surface area is 158 Å². The largest absolute Gasteiger partial charge is 0.455 e. The molecule has 3 aromatic rings. The van der Waals surface area contributed by atoms with Crippen LogP contribution < -0.4 is 15.4 Å². The van der Waals surface area contributed by atoms with Gasteiger partial charge in [0.25, 0.3) is 0 Å². The number of nitrogens with zero attached hydrogens (tertiary/aromatic N) is 1. The first kappa shape index (κ1) is 17.1. The summed E-state index contributed by atoms with van der Waals surface area (Å²) in [6, 6.07) is 21.1. The number of aromatic nitrogens is 1. The molecular formula is C22H21N3O2. The first-order valence-electron chi connectivity index (χ1n) is 9.14. The molecule has 0 unspecified atom stereocenters. The number of rotatable bonds is 6. The fourth-order valence-electron chi connectivity index (χ4n) is 2.87. The van der Waals surface area contributed by atoms with Crippen LogP contribution in [0.15, 0.2) is 72.9 Å². The van der Waals surface area contributed by atoms with E-state index in [0.29, 0.717) is 5.82 Å². The zero-order chi connectivity index (χ0) is 18.5. The number of anilines is 3. The molecule has 0 spiro atoms. The molecule has 0 bridgehead atoms. The molecule has 1 aromatic heterocycles. The van der Waals surface area contributed by atoms with Crippen molar-refractivity contribution in [2.45, 2.75) is 19.3 Å². The summed E-state index contributed by atoms with van der Waals surface area (Å²) in [7, 11) is 0. The molecule has 0 saturated heterocycles. The number of carbonyl (C=O) groups is 1. The number of hydrogen-bond acceptors (Lipinski definition) is 4. The van der Waals surface area contributed by atoms with Crippen molar-refractivity contribution in [3.63, 3.8) is 0 Å². The lowest BCUT2D eigenvalue weighted by Gasteiger charge is -2.23. The number of nitrogens with one attached hydrogen (secondary N) is 2. The van der Waals surface area contributed by atoms with E-state index in [4.69, 9.17) is 4.74 Å². The van der Waals surface area contributed by atoms with Crippen LogP contribution in [0.4, 0.5) is 17.2 Å². The van der Waals surface area contributed by atoms with Crippen molar-refractivity contribution < 1.29 is 9.53 Å². The summed E-state index contributed by atoms with van der Waals surface area (Å²) in [6.07, 6.45) is 4.79. The maximum atomic E-state index is 12.0. The molecule has 136 valence electrons. The predicted octanol–water partition coefficient (Wildman–Crippen LogP) is 5.36. The lowest BCUT2D eigenvalue weighted by molar-refractivity contribution is -0.122. The summed E-state index contributed by atoms with van der Waals surface area (Å²) in [5, 5.41) is 6.19. The molecule has 1 saturated carbocycles. The van der Waals surface area contributed by atoms with Gasteiger partial charge < -0.3 is 15.4 Å². The van der Waals surface area contributed by atoms with Crippen LogP contribution in [0, 0.1) is 5.92 Å². The highest BCUT2D eigenvalue weighted by Crippen LogP contribution is 2.31. The second kappa shape index (κ2) is 7.91. The van der Waals surface area contributed by atoms with Gasteiger partial charge >= 0.3 is 0 Å². The number of benzene rings is 2. The molecule has 5 heteroatoms. The number of carbonyl (C=O) groups excluding carboxylic acids is 1. The van der Waals surface area contributed by atoms with Gasteiger partial charge in [0.15, 0.2) is 5.75 Å². The lowest BCUT2D eigenvalue weighted by atomic mass is 9.85. The minimum Gasteiger partial charge on any atom is -0.455 e. The highest BCUT2D eigenvalue weighted by Gasteiger charge is 2.25. The number of hydrogen-bond donors (Lipinski definition) is 2. The highest BCUT2D eigenvalue weighted by atomic mass is 16.5. The second-order valence-electron chi connectivity index (χ2n) is 6.59. The zero-order valence-corrected chi connectivity index (χ0v) is 14.9. The molecule has 1 fully saturated rings. The summed E-state index contributed by atoms with van der Waals surface area (Å²) in [4.78, 5) is 16.3. The number of ether oxygens (including phenoxy) is 1. The first-order valence-corrected chi connectivity index (χ1v) is 9.14. The van der Waals surface area contributed by atoms with Crippen molar-refractivity contribution in [1.82, 2.24) is 4.98 Å². The third kappa shape index (κ3) is 4.26. The summed E-state index contributed by atoms with van der Waals surface area (Å²) >= 11 is 0. The molecule has 1 aliphatic rings. The van der Waals surface area contributed by atoms with Crippen LogP contribution in [-0.2, 0) is 4.79 Å². The number of para-hydroxylation sites is 3. The van der Waals surface area contributed by atoms with Crippen LogP contribution in [0.1, 0.15) is 19.3 Å². The van der Waals surface area contributed by atoms with Gasteiger partial charge in [-0.25, -0.2) is 4.98 Å². The van der Waals surface area contributed by atoms with E-state index in [9.17, 15) is 4.79 Å². The number of pyridine rings is 1. The Bertz CT molecular complexity index is 906. The average Bonchev–Trinajstić information content (AvgIpc) is 2.64. The molecule has 2 N–H and O–H groups in total. The van der Waals surface area contributed by atoms with Crippen molar-refractivity contribution in [2.75, 3.05) is 10.6 Å². The van der Waals surface area contributed by atoms with Gasteiger partial charge in [0.05, 0.1) is 17.6 Å². The topological polar surface area (TPSA) is 63.2 Å². The fraction of sp³-hybridized carbons (Fsp3) is 0.182. The average molecular weight is 359 g/mol. The SMILES string of the molecule is O=C(Nc1ccc(Nc2ccccc2Oc2ccccc2)cn1)C1CCC1. The maximum absolute atomic E-state index is 12.0. The summed E-state index contributed by atoms with van der Waals surface area (Å²) in [5.41, 5.74) is 1.66. The van der Waals surface area contributed by atoms with Crippen molar-refractivity contribution in [3.05, 3.63) is 72.9 Å². The van der Waals surface area contributed by atoms with E-state index in [1.165, 1.54) is 0 Å². The Balaban J connectivity index is 1.44. The van der Waals surface area contributed by atoms with Gasteiger partial charge in [0.1, 0.15) is 11.6 Å². The summed E-state index contributed by atoms with van der Waals surface area (Å²) < 4.78 is 5.96. The van der Waals surface area contributed by atoms with Gasteiger partial charge in [-0.05, 0) is 49.2 Å². The lowest BCUT2D eigenvalue weighted by Crippen LogP contribution is -2.28. The maximum Gasteiger partial charge on any atom is 0.228 e. The van der Waals surface area contributed by atoms with Gasteiger partial charge in [0, 0.05) is 5.92 Å². The van der Waals surface area contributed by atoms with E-state index in [0.717, 1.165) is 42.1 Å². The molecule has 4 rings (SSSR count). The Morgan fingerprint density at radius 3 is 2.44 bits per heavy atom. The van der Waals surface area contributed by atoms with Crippen molar-refractivity contribution in [3.8, 4) is 11.5 Å². The van der Waals surface area contributed by atoms with Crippen molar-refractivity contribution in [1.29, 1.82) is 0 Å². The Morgan fingerprint density at radius 1 is 0.963 bits per heavy atom. The third-order valence-corrected chi connectivity index (χ3v) is 4.63. The normalized spacial score (nSPS) is 13.5. The fourth-order valence-corrected chi connectivity index (χ4v) is 2.87. The minimum atomic E-state index is 0.0658. The molecule has 0 radical (unpaired) electrons. The highest BCUT2D eigenvalue weighted by molar-refractivity contribution is 5.92. The molecule has 0 atom stereocenters. The van der Waals surface area contributed by atoms with E-state index in [2.05, 4.69) is 15.6 Å². The molecule has 2 aromatic carbocycles. The van der Waals surface area contributed by atoms with Gasteiger partial charge in [-0.1, -0.05) is 36.8 Å². The molecule has 1 heterocycles. The van der Waals surface area contributed by atoms with E-state index < -0.39 is 0 Å². The molecule has 0 aliphatic heterocycles. The van der Waals surface area contributed by atoms with Gasteiger partial charge in [0.2, 0.25) is 5.91 Å². The van der Waals surface area contributed by atoms with E-state index in [-0.39, 0.29) is 11.8 Å². The van der Waals surface area contributed by atoms with Crippen LogP contribution in [0.5, 0.6) is 11.5 Å². The van der Waals surface area contributed by atoms with Crippen molar-refractivity contribution in [2.24, 2.45) is 5.92 Å². The van der Waals surface area contributed by atoms with Crippen LogP contribution in [0.2, 0.25) is 0 Å². The predicted molar refractivity (Wildman–Crippen MR) is 106 cm³/mol. The van der Waals surface area contributed by atoms with Gasteiger partial charge in [-0.2, -0.15) is 0 Å². The Morgan fingerprint density at radius 2 is 1.74 bits per heavy atom. The molecule has 1 amide bonds. The second-order valence-corrected chi connectivity index (χ2v) is 6.59. The van der Waals surface area contributed by atoms with E-state index >= 15 is 0 Å². The summed E-state index contributed by atoms with van der Waals surface area (Å²) in [5.74, 6) is 2.29. The summed E-state index contributed by atoms with van der Waals surface area (Å²) in [6.45, 7) is 0. The molecule has 1 aliphatic carbocycles. The standard InChI is InChI=1S/C22H21N3O2/c26-22(16-7-6-8-16)25-21-14-13-17(15-23-21)24-19-11-4-5-12-20(19)27-18-9-2-1-3-10-18/h1-5,9-16,24H,6-8H2,(H,23,25,26). The molecular weight excluding hydrogens is 338 g/mol. The van der Waals surface area contributed by atoms with Crippen LogP contribution in [0.25, 0.3) is 0 Å². The first-order chi connectivity index (χ1) is 13.3. The smallest absolute Gasteiger partial charge is 0.228 e. The van der Waals surface area contributed by atoms with E-state index in [1.54, 1.807) is 12.3 Å². The Kier molecular flexibility index (Phi) is 5.01. The van der Waals surface area contributed by atoms with E-state index in [1.807, 2.05) is 60.7 Å². The van der Waals surface area contributed by atoms with Gasteiger partial charge in [-0.3, -0.25) is 4.79 Å². The third-order valence-electron chi connectivity index (χ3n) is 4.63. The molecule has 5 nitrogen and oxygen atoms in total. The van der Waals surface area contributed by atoms with Gasteiger partial charge in [-0.15, -0.1) is 0 Å². The molecule has 27 heavy (non-hydrogen) atoms. The minimum absolute atomic E-state index is 0.0658. The van der Waals surface area contributed by atoms with Crippen molar-refractivity contribution >= 4 is 23.1 Å². The monoisotopic (exact) mass is 359 g/mol. The van der Waals surface area contributed by atoms with Crippen LogP contribution in [0.3, 0.4) is 0 Å². The van der Waals surface area contributed by atoms with Crippen LogP contribution in [-0.4, -0.2) is 10.9 Å². The zero-order valence-electron chi connectivity index (χ0n) is 14.9. The number of amides is 1. The Hall–Kier alpha value is -3.34. The quantitative estimate of drug-likeness (QED) is 0.622.